The van der Waals surface area contributed by atoms with Gasteiger partial charge in [0.05, 0.1) is 18.7 Å². The lowest BCUT2D eigenvalue weighted by atomic mass is 10.2. The number of hydrogen-bond donors (Lipinski definition) is 2. The minimum absolute atomic E-state index is 0.259. The molecule has 0 aliphatic carbocycles. The van der Waals surface area contributed by atoms with E-state index in [4.69, 9.17) is 0 Å². The number of nitrogens with one attached hydrogen (secondary N) is 1. The second-order valence-electron chi connectivity index (χ2n) is 6.40. The molecule has 3 rings (SSSR count). The highest BCUT2D eigenvalue weighted by atomic mass is 16.3. The molecule has 2 aromatic heterocycles. The molecule has 2 aromatic rings. The Morgan fingerprint density at radius 2 is 2.17 bits per heavy atom. The van der Waals surface area contributed by atoms with Crippen LogP contribution >= 0.6 is 0 Å². The largest absolute Gasteiger partial charge is 0.390 e. The summed E-state index contributed by atoms with van der Waals surface area (Å²) in [5.74, 6) is 0.707. The first-order valence-corrected chi connectivity index (χ1v) is 8.18. The SMILES string of the molecule is CC(C)n1ccnc1CN1C[C@@H](O)[C@H](NC(=O)c2ccccn2)C1. The molecular weight excluding hydrogens is 306 g/mol. The fraction of sp³-hybridized carbons (Fsp3) is 0.471. The van der Waals surface area contributed by atoms with Crippen molar-refractivity contribution >= 4 is 5.91 Å². The van der Waals surface area contributed by atoms with E-state index >= 15 is 0 Å². The fourth-order valence-electron chi connectivity index (χ4n) is 3.01. The first-order chi connectivity index (χ1) is 11.5. The van der Waals surface area contributed by atoms with Crippen molar-refractivity contribution in [3.05, 3.63) is 48.3 Å². The number of carbonyl (C=O) groups is 1. The molecule has 7 nitrogen and oxygen atoms in total. The van der Waals surface area contributed by atoms with Gasteiger partial charge in [0.1, 0.15) is 11.5 Å². The zero-order valence-corrected chi connectivity index (χ0v) is 14.0. The number of aliphatic hydroxyl groups excluding tert-OH is 1. The molecule has 0 aromatic carbocycles. The molecule has 1 aliphatic rings. The van der Waals surface area contributed by atoms with Crippen molar-refractivity contribution in [1.82, 2.24) is 24.8 Å². The molecule has 24 heavy (non-hydrogen) atoms. The van der Waals surface area contributed by atoms with Gasteiger partial charge in [0.25, 0.3) is 5.91 Å². The summed E-state index contributed by atoms with van der Waals surface area (Å²) in [7, 11) is 0. The molecule has 0 radical (unpaired) electrons. The Bertz CT molecular complexity index is 685. The highest BCUT2D eigenvalue weighted by Crippen LogP contribution is 2.16. The van der Waals surface area contributed by atoms with Crippen molar-refractivity contribution in [2.75, 3.05) is 13.1 Å². The summed E-state index contributed by atoms with van der Waals surface area (Å²) in [5, 5.41) is 13.1. The number of rotatable bonds is 5. The Labute approximate surface area is 141 Å². The number of nitrogens with zero attached hydrogens (tertiary/aromatic N) is 4. The summed E-state index contributed by atoms with van der Waals surface area (Å²) in [6.07, 6.45) is 4.74. The van der Waals surface area contributed by atoms with Crippen molar-refractivity contribution in [3.63, 3.8) is 0 Å². The van der Waals surface area contributed by atoms with Crippen molar-refractivity contribution in [1.29, 1.82) is 0 Å². The van der Waals surface area contributed by atoms with Crippen LogP contribution in [-0.2, 0) is 6.54 Å². The predicted molar refractivity (Wildman–Crippen MR) is 89.4 cm³/mol. The van der Waals surface area contributed by atoms with Crippen LogP contribution < -0.4 is 5.32 Å². The Balaban J connectivity index is 1.60. The second kappa shape index (κ2) is 7.11. The van der Waals surface area contributed by atoms with Crippen LogP contribution in [0.3, 0.4) is 0 Å². The summed E-state index contributed by atoms with van der Waals surface area (Å²) in [6, 6.07) is 5.23. The van der Waals surface area contributed by atoms with Crippen molar-refractivity contribution in [2.45, 2.75) is 38.6 Å². The topological polar surface area (TPSA) is 83.3 Å². The van der Waals surface area contributed by atoms with Gasteiger partial charge in [-0.25, -0.2) is 4.98 Å². The van der Waals surface area contributed by atoms with Crippen LogP contribution in [0.4, 0.5) is 0 Å². The van der Waals surface area contributed by atoms with Gasteiger partial charge >= 0.3 is 0 Å². The first kappa shape index (κ1) is 16.6. The standard InChI is InChI=1S/C17H23N5O2/c1-12(2)22-8-7-19-16(22)11-21-9-14(15(23)10-21)20-17(24)13-5-3-4-6-18-13/h3-8,12,14-15,23H,9-11H2,1-2H3,(H,20,24)/t14-,15-/m1/s1. The number of pyridine rings is 1. The Morgan fingerprint density at radius 1 is 1.33 bits per heavy atom. The van der Waals surface area contributed by atoms with Gasteiger partial charge < -0.3 is 15.0 Å². The van der Waals surface area contributed by atoms with E-state index in [0.29, 0.717) is 31.4 Å². The van der Waals surface area contributed by atoms with E-state index in [0.717, 1.165) is 5.82 Å². The van der Waals surface area contributed by atoms with Crippen molar-refractivity contribution in [3.8, 4) is 0 Å². The lowest BCUT2D eigenvalue weighted by Gasteiger charge is -2.18. The van der Waals surface area contributed by atoms with Crippen LogP contribution in [0.1, 0.15) is 36.2 Å². The summed E-state index contributed by atoms with van der Waals surface area (Å²) >= 11 is 0. The number of hydrogen-bond acceptors (Lipinski definition) is 5. The van der Waals surface area contributed by atoms with Gasteiger partial charge in [0, 0.05) is 37.7 Å². The lowest BCUT2D eigenvalue weighted by molar-refractivity contribution is 0.0883. The van der Waals surface area contributed by atoms with Crippen LogP contribution in [-0.4, -0.2) is 55.7 Å². The van der Waals surface area contributed by atoms with Gasteiger partial charge in [-0.1, -0.05) is 6.07 Å². The Hall–Kier alpha value is -2.25. The average Bonchev–Trinajstić information content (AvgIpc) is 3.15. The summed E-state index contributed by atoms with van der Waals surface area (Å²) in [4.78, 5) is 22.7. The van der Waals surface area contributed by atoms with Gasteiger partial charge in [-0.05, 0) is 26.0 Å². The molecular formula is C17H23N5O2. The van der Waals surface area contributed by atoms with Gasteiger partial charge in [0.15, 0.2) is 0 Å². The summed E-state index contributed by atoms with van der Waals surface area (Å²) < 4.78 is 2.12. The van der Waals surface area contributed by atoms with E-state index in [1.165, 1.54) is 0 Å². The molecule has 1 fully saturated rings. The number of aromatic nitrogens is 3. The average molecular weight is 329 g/mol. The highest BCUT2D eigenvalue weighted by Gasteiger charge is 2.33. The minimum atomic E-state index is -0.597. The van der Waals surface area contributed by atoms with E-state index in [2.05, 4.69) is 38.6 Å². The second-order valence-corrected chi connectivity index (χ2v) is 6.40. The first-order valence-electron chi connectivity index (χ1n) is 8.18. The maximum Gasteiger partial charge on any atom is 0.270 e. The van der Waals surface area contributed by atoms with E-state index in [1.54, 1.807) is 30.6 Å². The molecule has 0 unspecified atom stereocenters. The molecule has 1 saturated heterocycles. The van der Waals surface area contributed by atoms with Crippen LogP contribution in [0.25, 0.3) is 0 Å². The lowest BCUT2D eigenvalue weighted by Crippen LogP contribution is -2.43. The van der Waals surface area contributed by atoms with E-state index in [9.17, 15) is 9.90 Å². The number of carbonyl (C=O) groups excluding carboxylic acids is 1. The third kappa shape index (κ3) is 3.63. The van der Waals surface area contributed by atoms with Crippen molar-refractivity contribution in [2.24, 2.45) is 0 Å². The molecule has 2 atom stereocenters. The maximum atomic E-state index is 12.2. The zero-order valence-electron chi connectivity index (χ0n) is 14.0. The summed E-state index contributed by atoms with van der Waals surface area (Å²) in [5.41, 5.74) is 0.360. The highest BCUT2D eigenvalue weighted by molar-refractivity contribution is 5.92. The van der Waals surface area contributed by atoms with Crippen LogP contribution in [0.5, 0.6) is 0 Å². The van der Waals surface area contributed by atoms with Gasteiger partial charge in [0.2, 0.25) is 0 Å². The molecule has 128 valence electrons. The normalized spacial score (nSPS) is 21.3. The molecule has 1 aliphatic heterocycles. The zero-order chi connectivity index (χ0) is 17.1. The number of likely N-dealkylation sites (tertiary alicyclic amines) is 1. The van der Waals surface area contributed by atoms with Gasteiger partial charge in [-0.2, -0.15) is 0 Å². The van der Waals surface area contributed by atoms with Gasteiger partial charge in [-0.15, -0.1) is 0 Å². The molecule has 7 heteroatoms. The molecule has 0 spiro atoms. The quantitative estimate of drug-likeness (QED) is 0.849. The number of β-amino-alcohol motifs (C(OH)–C–C–N with tert-alkyl or cyclic N) is 1. The van der Waals surface area contributed by atoms with Crippen LogP contribution in [0.2, 0.25) is 0 Å². The van der Waals surface area contributed by atoms with Crippen LogP contribution in [0.15, 0.2) is 36.8 Å². The monoisotopic (exact) mass is 329 g/mol. The molecule has 0 bridgehead atoms. The van der Waals surface area contributed by atoms with Crippen LogP contribution in [0, 0.1) is 0 Å². The maximum absolute atomic E-state index is 12.2. The molecule has 0 saturated carbocycles. The summed E-state index contributed by atoms with van der Waals surface area (Å²) in [6.45, 7) is 5.97. The molecule has 1 amide bonds. The smallest absolute Gasteiger partial charge is 0.270 e. The minimum Gasteiger partial charge on any atom is -0.390 e. The van der Waals surface area contributed by atoms with Crippen molar-refractivity contribution < 1.29 is 9.90 Å². The third-order valence-corrected chi connectivity index (χ3v) is 4.25. The molecule has 3 heterocycles. The number of aliphatic hydroxyl groups is 1. The van der Waals surface area contributed by atoms with E-state index < -0.39 is 6.10 Å². The Kier molecular flexibility index (Phi) is 4.92. The Morgan fingerprint density at radius 3 is 2.88 bits per heavy atom. The van der Waals surface area contributed by atoms with E-state index in [-0.39, 0.29) is 11.9 Å². The molecule has 2 N–H and O–H groups in total. The predicted octanol–water partition coefficient (Wildman–Crippen LogP) is 0.834. The number of imidazole rings is 1. The van der Waals surface area contributed by atoms with Gasteiger partial charge in [-0.3, -0.25) is 14.7 Å². The fourth-order valence-corrected chi connectivity index (χ4v) is 3.01. The number of amides is 1. The third-order valence-electron chi connectivity index (χ3n) is 4.25. The van der Waals surface area contributed by atoms with E-state index in [1.807, 2.05) is 6.20 Å².